The molecule has 2 aromatic carbocycles. The Morgan fingerprint density at radius 2 is 1.83 bits per heavy atom. The zero-order valence-corrected chi connectivity index (χ0v) is 21.0. The van der Waals surface area contributed by atoms with Crippen LogP contribution in [0.1, 0.15) is 51.6 Å². The SMILES string of the molecule is Cc1ccccc1CCc1nc(N2CCC[C@H]2c2ccc(Cl)cc2)ncc1C(=O)N1CCNCC1. The molecule has 6 nitrogen and oxygen atoms in total. The van der Waals surface area contributed by atoms with Crippen molar-refractivity contribution in [2.45, 2.75) is 38.6 Å². The molecule has 0 aliphatic carbocycles. The molecule has 3 heterocycles. The first kappa shape index (κ1) is 23.8. The van der Waals surface area contributed by atoms with Crippen LogP contribution in [0.2, 0.25) is 5.02 Å². The van der Waals surface area contributed by atoms with Gasteiger partial charge < -0.3 is 15.1 Å². The summed E-state index contributed by atoms with van der Waals surface area (Å²) in [5.74, 6) is 0.743. The molecule has 3 aromatic rings. The first-order valence-corrected chi connectivity index (χ1v) is 12.9. The van der Waals surface area contributed by atoms with E-state index in [-0.39, 0.29) is 11.9 Å². The average Bonchev–Trinajstić information content (AvgIpc) is 3.39. The van der Waals surface area contributed by atoms with E-state index >= 15 is 0 Å². The molecule has 1 aromatic heterocycles. The lowest BCUT2D eigenvalue weighted by Gasteiger charge is -2.29. The van der Waals surface area contributed by atoms with Gasteiger partial charge in [-0.1, -0.05) is 48.0 Å². The number of amides is 1. The monoisotopic (exact) mass is 489 g/mol. The van der Waals surface area contributed by atoms with E-state index in [0.717, 1.165) is 49.6 Å². The number of carbonyl (C=O) groups is 1. The van der Waals surface area contributed by atoms with Gasteiger partial charge in [-0.25, -0.2) is 9.97 Å². The van der Waals surface area contributed by atoms with Crippen LogP contribution >= 0.6 is 11.6 Å². The van der Waals surface area contributed by atoms with Crippen molar-refractivity contribution in [2.24, 2.45) is 0 Å². The standard InChI is InChI=1S/C28H32ClN5O/c1-20-5-2-3-6-21(20)10-13-25-24(27(35)33-17-14-30-15-18-33)19-31-28(32-25)34-16-4-7-26(34)22-8-11-23(29)12-9-22/h2-3,5-6,8-9,11-12,19,26,30H,4,7,10,13-18H2,1H3/t26-/m0/s1. The lowest BCUT2D eigenvalue weighted by Crippen LogP contribution is -2.46. The number of rotatable bonds is 6. The van der Waals surface area contributed by atoms with Gasteiger partial charge in [0.1, 0.15) is 0 Å². The molecule has 182 valence electrons. The molecule has 1 amide bonds. The summed E-state index contributed by atoms with van der Waals surface area (Å²) in [7, 11) is 0. The second-order valence-corrected chi connectivity index (χ2v) is 9.84. The average molecular weight is 490 g/mol. The van der Waals surface area contributed by atoms with E-state index in [1.165, 1.54) is 16.7 Å². The molecular formula is C28H32ClN5O. The van der Waals surface area contributed by atoms with Crippen LogP contribution in [0, 0.1) is 6.92 Å². The fraction of sp³-hybridized carbons (Fsp3) is 0.393. The largest absolute Gasteiger partial charge is 0.336 e. The van der Waals surface area contributed by atoms with Crippen molar-refractivity contribution in [3.63, 3.8) is 0 Å². The van der Waals surface area contributed by atoms with Gasteiger partial charge in [-0.15, -0.1) is 0 Å². The second-order valence-electron chi connectivity index (χ2n) is 9.40. The zero-order chi connectivity index (χ0) is 24.2. The lowest BCUT2D eigenvalue weighted by atomic mass is 10.0. The number of aromatic nitrogens is 2. The summed E-state index contributed by atoms with van der Waals surface area (Å²) in [6, 6.07) is 16.7. The highest BCUT2D eigenvalue weighted by Gasteiger charge is 2.30. The third-order valence-electron chi connectivity index (χ3n) is 7.15. The van der Waals surface area contributed by atoms with Crippen molar-refractivity contribution < 1.29 is 4.79 Å². The Balaban J connectivity index is 1.45. The Bertz CT molecular complexity index is 1180. The van der Waals surface area contributed by atoms with Gasteiger partial charge in [0.15, 0.2) is 0 Å². The molecule has 2 aliphatic heterocycles. The highest BCUT2D eigenvalue weighted by Crippen LogP contribution is 2.35. The number of halogens is 1. The highest BCUT2D eigenvalue weighted by atomic mass is 35.5. The van der Waals surface area contributed by atoms with Crippen LogP contribution in [0.5, 0.6) is 0 Å². The van der Waals surface area contributed by atoms with Gasteiger partial charge in [0.25, 0.3) is 5.91 Å². The molecule has 0 unspecified atom stereocenters. The first-order chi connectivity index (χ1) is 17.1. The molecule has 2 saturated heterocycles. The number of nitrogens with one attached hydrogen (secondary N) is 1. The molecule has 0 bridgehead atoms. The summed E-state index contributed by atoms with van der Waals surface area (Å²) in [5.41, 5.74) is 5.24. The van der Waals surface area contributed by atoms with E-state index in [1.807, 2.05) is 17.0 Å². The van der Waals surface area contributed by atoms with Gasteiger partial charge in [0.05, 0.1) is 17.3 Å². The number of aryl methyl sites for hydroxylation is 3. The summed E-state index contributed by atoms with van der Waals surface area (Å²) < 4.78 is 0. The molecule has 2 aliphatic rings. The maximum absolute atomic E-state index is 13.4. The smallest absolute Gasteiger partial charge is 0.257 e. The molecule has 5 rings (SSSR count). The number of hydrogen-bond donors (Lipinski definition) is 1. The minimum absolute atomic E-state index is 0.0357. The molecule has 0 radical (unpaired) electrons. The summed E-state index contributed by atoms with van der Waals surface area (Å²) in [6.07, 6.45) is 5.43. The van der Waals surface area contributed by atoms with E-state index < -0.39 is 0 Å². The van der Waals surface area contributed by atoms with Crippen molar-refractivity contribution in [1.82, 2.24) is 20.2 Å². The van der Waals surface area contributed by atoms with Crippen LogP contribution in [0.4, 0.5) is 5.95 Å². The topological polar surface area (TPSA) is 61.4 Å². The van der Waals surface area contributed by atoms with Gasteiger partial charge in [-0.05, 0) is 61.4 Å². The minimum Gasteiger partial charge on any atom is -0.336 e. The van der Waals surface area contributed by atoms with Crippen molar-refractivity contribution in [2.75, 3.05) is 37.6 Å². The Hall–Kier alpha value is -2.96. The van der Waals surface area contributed by atoms with Crippen molar-refractivity contribution >= 4 is 23.5 Å². The molecule has 1 atom stereocenters. The van der Waals surface area contributed by atoms with Gasteiger partial charge in [0, 0.05) is 43.9 Å². The Morgan fingerprint density at radius 3 is 2.60 bits per heavy atom. The summed E-state index contributed by atoms with van der Waals surface area (Å²) in [5, 5.41) is 4.06. The third-order valence-corrected chi connectivity index (χ3v) is 7.40. The predicted molar refractivity (Wildman–Crippen MR) is 140 cm³/mol. The van der Waals surface area contributed by atoms with Gasteiger partial charge in [0.2, 0.25) is 5.95 Å². The van der Waals surface area contributed by atoms with Crippen LogP contribution in [0.15, 0.2) is 54.7 Å². The van der Waals surface area contributed by atoms with Crippen LogP contribution < -0.4 is 10.2 Å². The summed E-state index contributed by atoms with van der Waals surface area (Å²) in [6.45, 7) is 6.09. The van der Waals surface area contributed by atoms with E-state index in [9.17, 15) is 4.79 Å². The Kier molecular flexibility index (Phi) is 7.30. The van der Waals surface area contributed by atoms with E-state index in [1.54, 1.807) is 6.20 Å². The summed E-state index contributed by atoms with van der Waals surface area (Å²) >= 11 is 6.12. The fourth-order valence-corrected chi connectivity index (χ4v) is 5.26. The van der Waals surface area contributed by atoms with E-state index in [4.69, 9.17) is 21.6 Å². The number of nitrogens with zero attached hydrogens (tertiary/aromatic N) is 4. The van der Waals surface area contributed by atoms with Crippen LogP contribution in [0.25, 0.3) is 0 Å². The molecule has 35 heavy (non-hydrogen) atoms. The van der Waals surface area contributed by atoms with Crippen molar-refractivity contribution in [3.8, 4) is 0 Å². The predicted octanol–water partition coefficient (Wildman–Crippen LogP) is 4.61. The van der Waals surface area contributed by atoms with Crippen LogP contribution in [-0.4, -0.2) is 53.5 Å². The number of carbonyl (C=O) groups excluding carboxylic acids is 1. The Morgan fingerprint density at radius 1 is 1.06 bits per heavy atom. The van der Waals surface area contributed by atoms with Gasteiger partial charge >= 0.3 is 0 Å². The number of piperazine rings is 1. The molecular weight excluding hydrogens is 458 g/mol. The highest BCUT2D eigenvalue weighted by molar-refractivity contribution is 6.30. The quantitative estimate of drug-likeness (QED) is 0.548. The molecule has 0 saturated carbocycles. The molecule has 1 N–H and O–H groups in total. The minimum atomic E-state index is 0.0357. The first-order valence-electron chi connectivity index (χ1n) is 12.5. The Labute approximate surface area is 212 Å². The van der Waals surface area contributed by atoms with Crippen LogP contribution in [0.3, 0.4) is 0 Å². The fourth-order valence-electron chi connectivity index (χ4n) is 5.13. The normalized spacial score (nSPS) is 18.2. The van der Waals surface area contributed by atoms with E-state index in [0.29, 0.717) is 31.0 Å². The number of hydrogen-bond acceptors (Lipinski definition) is 5. The maximum Gasteiger partial charge on any atom is 0.257 e. The number of benzene rings is 2. The number of anilines is 1. The van der Waals surface area contributed by atoms with Crippen LogP contribution in [-0.2, 0) is 12.8 Å². The maximum atomic E-state index is 13.4. The van der Waals surface area contributed by atoms with Crippen molar-refractivity contribution in [1.29, 1.82) is 0 Å². The molecule has 2 fully saturated rings. The van der Waals surface area contributed by atoms with E-state index in [2.05, 4.69) is 53.5 Å². The lowest BCUT2D eigenvalue weighted by molar-refractivity contribution is 0.0733. The van der Waals surface area contributed by atoms with Gasteiger partial charge in [-0.3, -0.25) is 4.79 Å². The summed E-state index contributed by atoms with van der Waals surface area (Å²) in [4.78, 5) is 27.4. The van der Waals surface area contributed by atoms with Gasteiger partial charge in [-0.2, -0.15) is 0 Å². The zero-order valence-electron chi connectivity index (χ0n) is 20.2. The third kappa shape index (κ3) is 5.34. The molecule has 0 spiro atoms. The second kappa shape index (κ2) is 10.8. The molecule has 7 heteroatoms. The van der Waals surface area contributed by atoms with Crippen molar-refractivity contribution in [3.05, 3.63) is 87.7 Å².